The quantitative estimate of drug-likeness (QED) is 0.584. The lowest BCUT2D eigenvalue weighted by molar-refractivity contribution is 0.367. The number of phenolic OH excluding ortho intramolecular Hbond substituents is 3. The summed E-state index contributed by atoms with van der Waals surface area (Å²) in [6.45, 7) is 3.76. The van der Waals surface area contributed by atoms with Crippen molar-refractivity contribution in [2.24, 2.45) is 0 Å². The second-order valence-electron chi connectivity index (χ2n) is 4.73. The summed E-state index contributed by atoms with van der Waals surface area (Å²) in [6.07, 6.45) is 1.61. The molecule has 22 heavy (non-hydrogen) atoms. The number of hydrogen-bond acceptors (Lipinski definition) is 5. The van der Waals surface area contributed by atoms with Crippen LogP contribution < -0.4 is 9.47 Å². The smallest absolute Gasteiger partial charge is 0.164 e. The lowest BCUT2D eigenvalue weighted by Gasteiger charge is -2.17. The van der Waals surface area contributed by atoms with Crippen molar-refractivity contribution in [3.05, 3.63) is 54.1 Å². The van der Waals surface area contributed by atoms with Crippen LogP contribution in [0.5, 0.6) is 28.7 Å². The fourth-order valence-corrected chi connectivity index (χ4v) is 2.33. The first-order valence-electron chi connectivity index (χ1n) is 6.61. The molecule has 5 nitrogen and oxygen atoms in total. The van der Waals surface area contributed by atoms with Crippen molar-refractivity contribution in [2.45, 2.75) is 5.92 Å². The van der Waals surface area contributed by atoms with Gasteiger partial charge in [0.05, 0.1) is 14.2 Å². The van der Waals surface area contributed by atoms with Gasteiger partial charge in [0.25, 0.3) is 0 Å². The first-order chi connectivity index (χ1) is 10.5. The molecule has 0 amide bonds. The summed E-state index contributed by atoms with van der Waals surface area (Å²) < 4.78 is 9.97. The molecular formula is C17H18O5. The number of aromatic hydroxyl groups is 3. The molecule has 0 radical (unpaired) electrons. The van der Waals surface area contributed by atoms with Gasteiger partial charge in [0.15, 0.2) is 23.0 Å². The Morgan fingerprint density at radius 3 is 2.09 bits per heavy atom. The van der Waals surface area contributed by atoms with Crippen molar-refractivity contribution in [3.8, 4) is 28.7 Å². The van der Waals surface area contributed by atoms with Gasteiger partial charge in [-0.3, -0.25) is 0 Å². The fraction of sp³-hybridized carbons (Fsp3) is 0.176. The first-order valence-corrected chi connectivity index (χ1v) is 6.61. The minimum Gasteiger partial charge on any atom is -0.507 e. The third-order valence-electron chi connectivity index (χ3n) is 3.46. The molecule has 0 saturated carbocycles. The van der Waals surface area contributed by atoms with E-state index in [1.54, 1.807) is 18.2 Å². The molecule has 0 unspecified atom stereocenters. The molecule has 0 aromatic heterocycles. The minimum absolute atomic E-state index is 0.0101. The van der Waals surface area contributed by atoms with E-state index in [0.717, 1.165) is 0 Å². The predicted octanol–water partition coefficient (Wildman–Crippen LogP) is 3.14. The van der Waals surface area contributed by atoms with E-state index in [2.05, 4.69) is 6.58 Å². The zero-order valence-electron chi connectivity index (χ0n) is 12.4. The topological polar surface area (TPSA) is 79.2 Å². The molecule has 116 valence electrons. The van der Waals surface area contributed by atoms with Crippen molar-refractivity contribution in [1.29, 1.82) is 0 Å². The second kappa shape index (κ2) is 6.30. The Hall–Kier alpha value is -2.82. The summed E-state index contributed by atoms with van der Waals surface area (Å²) in [5.74, 6) is 0.00225. The van der Waals surface area contributed by atoms with Crippen molar-refractivity contribution in [2.75, 3.05) is 14.2 Å². The zero-order valence-corrected chi connectivity index (χ0v) is 12.4. The monoisotopic (exact) mass is 302 g/mol. The molecule has 3 N–H and O–H groups in total. The molecule has 0 saturated heterocycles. The van der Waals surface area contributed by atoms with Crippen LogP contribution in [0.2, 0.25) is 0 Å². The zero-order chi connectivity index (χ0) is 16.3. The van der Waals surface area contributed by atoms with Crippen LogP contribution in [0, 0.1) is 0 Å². The molecule has 2 aromatic carbocycles. The van der Waals surface area contributed by atoms with Gasteiger partial charge in [-0.15, -0.1) is 6.58 Å². The molecule has 0 aliphatic heterocycles. The highest BCUT2D eigenvalue weighted by molar-refractivity contribution is 5.55. The Labute approximate surface area is 128 Å². The van der Waals surface area contributed by atoms with Crippen LogP contribution in [0.3, 0.4) is 0 Å². The number of ether oxygens (including phenoxy) is 2. The Morgan fingerprint density at radius 1 is 0.909 bits per heavy atom. The highest BCUT2D eigenvalue weighted by Gasteiger charge is 2.19. The van der Waals surface area contributed by atoms with Crippen LogP contribution in [-0.2, 0) is 0 Å². The van der Waals surface area contributed by atoms with Gasteiger partial charge in [0.2, 0.25) is 0 Å². The number of hydrogen-bond donors (Lipinski definition) is 3. The highest BCUT2D eigenvalue weighted by atomic mass is 16.5. The minimum atomic E-state index is -0.409. The van der Waals surface area contributed by atoms with Gasteiger partial charge in [-0.25, -0.2) is 0 Å². The van der Waals surface area contributed by atoms with Crippen LogP contribution in [0.4, 0.5) is 0 Å². The van der Waals surface area contributed by atoms with Crippen LogP contribution >= 0.6 is 0 Å². The standard InChI is InChI=1S/C17H18O5/c1-4-11(10-5-6-16(21-2)14(19)7-10)12-8-15(20)17(22-3)9-13(12)18/h4-9,11,18-20H,1H2,2-3H3/t11-/m0/s1. The molecule has 0 heterocycles. The lowest BCUT2D eigenvalue weighted by atomic mass is 9.90. The van der Waals surface area contributed by atoms with E-state index in [0.29, 0.717) is 16.9 Å². The van der Waals surface area contributed by atoms with Crippen molar-refractivity contribution in [1.82, 2.24) is 0 Å². The number of phenols is 3. The van der Waals surface area contributed by atoms with Gasteiger partial charge in [-0.05, 0) is 23.8 Å². The third-order valence-corrected chi connectivity index (χ3v) is 3.46. The number of methoxy groups -OCH3 is 2. The average molecular weight is 302 g/mol. The van der Waals surface area contributed by atoms with Gasteiger partial charge in [-0.2, -0.15) is 0 Å². The second-order valence-corrected chi connectivity index (χ2v) is 4.73. The van der Waals surface area contributed by atoms with Gasteiger partial charge in [0, 0.05) is 17.5 Å². The molecular weight excluding hydrogens is 284 g/mol. The van der Waals surface area contributed by atoms with Crippen LogP contribution in [0.15, 0.2) is 43.0 Å². The van der Waals surface area contributed by atoms with E-state index in [4.69, 9.17) is 9.47 Å². The summed E-state index contributed by atoms with van der Waals surface area (Å²) in [6, 6.07) is 7.67. The van der Waals surface area contributed by atoms with Crippen molar-refractivity contribution < 1.29 is 24.8 Å². The van der Waals surface area contributed by atoms with Crippen LogP contribution in [0.1, 0.15) is 17.0 Å². The highest BCUT2D eigenvalue weighted by Crippen LogP contribution is 2.41. The largest absolute Gasteiger partial charge is 0.507 e. The summed E-state index contributed by atoms with van der Waals surface area (Å²) >= 11 is 0. The summed E-state index contributed by atoms with van der Waals surface area (Å²) in [5, 5.41) is 30.0. The van der Waals surface area contributed by atoms with Gasteiger partial charge < -0.3 is 24.8 Å². The molecule has 0 fully saturated rings. The molecule has 1 atom stereocenters. The van der Waals surface area contributed by atoms with E-state index >= 15 is 0 Å². The number of allylic oxidation sites excluding steroid dienone is 1. The Morgan fingerprint density at radius 2 is 1.55 bits per heavy atom. The van der Waals surface area contributed by atoms with Crippen molar-refractivity contribution in [3.63, 3.8) is 0 Å². The predicted molar refractivity (Wildman–Crippen MR) is 83.0 cm³/mol. The SMILES string of the molecule is C=C[C@@H](c1ccc(OC)c(O)c1)c1cc(O)c(OC)cc1O. The molecule has 0 aliphatic carbocycles. The third kappa shape index (κ3) is 2.79. The van der Waals surface area contributed by atoms with Gasteiger partial charge >= 0.3 is 0 Å². The lowest BCUT2D eigenvalue weighted by Crippen LogP contribution is -1.99. The summed E-state index contributed by atoms with van der Waals surface area (Å²) in [4.78, 5) is 0. The van der Waals surface area contributed by atoms with E-state index in [1.165, 1.54) is 32.4 Å². The van der Waals surface area contributed by atoms with Crippen LogP contribution in [-0.4, -0.2) is 29.5 Å². The normalized spacial score (nSPS) is 11.7. The van der Waals surface area contributed by atoms with Gasteiger partial charge in [-0.1, -0.05) is 12.1 Å². The molecule has 0 aliphatic rings. The maximum atomic E-state index is 10.2. The summed E-state index contributed by atoms with van der Waals surface area (Å²) in [7, 11) is 2.87. The first kappa shape index (κ1) is 15.6. The number of rotatable bonds is 5. The summed E-state index contributed by atoms with van der Waals surface area (Å²) in [5.41, 5.74) is 1.16. The van der Waals surface area contributed by atoms with E-state index in [-0.39, 0.29) is 23.0 Å². The molecule has 0 spiro atoms. The van der Waals surface area contributed by atoms with E-state index < -0.39 is 5.92 Å². The molecule has 2 aromatic rings. The fourth-order valence-electron chi connectivity index (χ4n) is 2.33. The maximum Gasteiger partial charge on any atom is 0.164 e. The number of benzene rings is 2. The van der Waals surface area contributed by atoms with Crippen LogP contribution in [0.25, 0.3) is 0 Å². The molecule has 2 rings (SSSR count). The molecule has 0 bridgehead atoms. The molecule has 5 heteroatoms. The van der Waals surface area contributed by atoms with Crippen molar-refractivity contribution >= 4 is 0 Å². The maximum absolute atomic E-state index is 10.2. The Kier molecular flexibility index (Phi) is 4.46. The van der Waals surface area contributed by atoms with E-state index in [1.807, 2.05) is 0 Å². The average Bonchev–Trinajstić information content (AvgIpc) is 2.51. The van der Waals surface area contributed by atoms with Gasteiger partial charge in [0.1, 0.15) is 5.75 Å². The van der Waals surface area contributed by atoms with E-state index in [9.17, 15) is 15.3 Å². The Bertz CT molecular complexity index is 694. The Balaban J connectivity index is 2.51.